The molecule has 1 aliphatic rings. The molecule has 3 N–H and O–H groups in total. The molecule has 0 saturated carbocycles. The number of aromatic nitrogens is 4. The summed E-state index contributed by atoms with van der Waals surface area (Å²) >= 11 is 0. The van der Waals surface area contributed by atoms with E-state index in [1.807, 2.05) is 0 Å². The van der Waals surface area contributed by atoms with E-state index in [1.165, 1.54) is 0 Å². The molecule has 0 fully saturated rings. The third-order valence-electron chi connectivity index (χ3n) is 9.57. The van der Waals surface area contributed by atoms with E-state index in [0.717, 1.165) is 90.0 Å². The minimum atomic E-state index is 1.05. The van der Waals surface area contributed by atoms with Crippen LogP contribution in [0, 0.1) is 11.8 Å². The van der Waals surface area contributed by atoms with Crippen LogP contribution in [0.25, 0.3) is 11.1 Å². The highest BCUT2D eigenvalue weighted by molar-refractivity contribution is 5.80. The van der Waals surface area contributed by atoms with Crippen LogP contribution in [0.15, 0.2) is 170 Å². The molecule has 232 valence electrons. The Bertz CT molecular complexity index is 2320. The Balaban J connectivity index is 1.40. The second kappa shape index (κ2) is 11.9. The topological polar surface area (TPSA) is 52.3 Å². The van der Waals surface area contributed by atoms with Gasteiger partial charge in [0.05, 0.1) is 50.9 Å². The van der Waals surface area contributed by atoms with Crippen molar-refractivity contribution < 1.29 is 0 Å². The molecule has 0 spiro atoms. The molecule has 4 heteroatoms. The predicted molar refractivity (Wildman–Crippen MR) is 197 cm³/mol. The summed E-state index contributed by atoms with van der Waals surface area (Å²) in [6.45, 7) is 0. The van der Waals surface area contributed by atoms with Crippen molar-refractivity contribution >= 4 is 11.1 Å². The summed E-state index contributed by atoms with van der Waals surface area (Å²) in [4.78, 5) is 11.4. The van der Waals surface area contributed by atoms with Crippen molar-refractivity contribution in [1.82, 2.24) is 19.5 Å². The van der Waals surface area contributed by atoms with Gasteiger partial charge in [0, 0.05) is 54.6 Å². The number of rotatable bonds is 4. The molecule has 0 amide bonds. The summed E-state index contributed by atoms with van der Waals surface area (Å²) in [5, 5.41) is 2.25. The van der Waals surface area contributed by atoms with Crippen LogP contribution in [-0.2, 0) is 7.05 Å². The summed E-state index contributed by atoms with van der Waals surface area (Å²) in [5.41, 5.74) is 13.3. The Morgan fingerprint density at radius 2 is 0.898 bits per heavy atom. The second-order valence-electron chi connectivity index (χ2n) is 12.5. The normalized spacial score (nSPS) is 15.0. The fraction of sp³-hybridized carbons (Fsp3) is 0.0222. The summed E-state index contributed by atoms with van der Waals surface area (Å²) in [6, 6.07) is 58.3. The lowest BCUT2D eigenvalue weighted by molar-refractivity contribution is 0.851. The molecule has 0 radical (unpaired) electrons. The highest BCUT2D eigenvalue weighted by atomic mass is 14.9. The fourth-order valence-corrected chi connectivity index (χ4v) is 7.31. The second-order valence-corrected chi connectivity index (χ2v) is 12.5. The first-order chi connectivity index (χ1) is 24.2. The number of hydrogen-bond donors (Lipinski definition) is 3. The Hall–Kier alpha value is -6.52. The molecule has 4 aromatic carbocycles. The summed E-state index contributed by atoms with van der Waals surface area (Å²) in [7, 11) is 2.18. The molecule has 4 nitrogen and oxygen atoms in total. The highest BCUT2D eigenvalue weighted by Crippen LogP contribution is 2.37. The average Bonchev–Trinajstić information content (AvgIpc) is 3.98. The highest BCUT2D eigenvalue weighted by Gasteiger charge is 2.32. The number of benzene rings is 4. The first-order valence-electron chi connectivity index (χ1n) is 16.7. The van der Waals surface area contributed by atoms with Gasteiger partial charge in [-0.25, -0.2) is 0 Å². The van der Waals surface area contributed by atoms with Crippen LogP contribution in [0.2, 0.25) is 0 Å². The van der Waals surface area contributed by atoms with Gasteiger partial charge in [0.25, 0.3) is 0 Å². The molecule has 8 aromatic rings. The Kier molecular flexibility index (Phi) is 6.98. The van der Waals surface area contributed by atoms with Crippen molar-refractivity contribution in [3.63, 3.8) is 0 Å². The first kappa shape index (κ1) is 28.7. The molecule has 49 heavy (non-hydrogen) atoms. The Morgan fingerprint density at radius 3 is 1.49 bits per heavy atom. The maximum atomic E-state index is 3.88. The van der Waals surface area contributed by atoms with Gasteiger partial charge in [-0.3, -0.25) is 0 Å². The Morgan fingerprint density at radius 1 is 0.429 bits per heavy atom. The quantitative estimate of drug-likeness (QED) is 0.166. The summed E-state index contributed by atoms with van der Waals surface area (Å²) in [5.74, 6) is 2.26. The van der Waals surface area contributed by atoms with Gasteiger partial charge in [-0.15, -0.1) is 0 Å². The van der Waals surface area contributed by atoms with Crippen LogP contribution in [0.5, 0.6) is 0 Å². The molecular weight excluding hydrogens is 597 g/mol. The lowest BCUT2D eigenvalue weighted by atomic mass is 9.89. The lowest BCUT2D eigenvalue weighted by Crippen LogP contribution is -2.28. The van der Waals surface area contributed by atoms with E-state index < -0.39 is 0 Å². The average molecular weight is 631 g/mol. The number of hydrogen-bond acceptors (Lipinski definition) is 0. The van der Waals surface area contributed by atoms with Gasteiger partial charge in [0.1, 0.15) is 23.0 Å². The minimum Gasteiger partial charge on any atom is -0.343 e. The molecule has 1 aliphatic heterocycles. The number of aromatic amines is 3. The van der Waals surface area contributed by atoms with Gasteiger partial charge in [0.2, 0.25) is 0 Å². The number of nitrogens with one attached hydrogen (secondary N) is 3. The van der Waals surface area contributed by atoms with Crippen molar-refractivity contribution in [2.24, 2.45) is 7.05 Å². The largest absolute Gasteiger partial charge is 0.343 e. The summed E-state index contributed by atoms with van der Waals surface area (Å²) < 4.78 is 2.33. The molecule has 4 aromatic heterocycles. The zero-order chi connectivity index (χ0) is 32.7. The standard InChI is InChI=1S/C45H34N4/c1-49-40-26-27-41(49)45(33-20-12-5-13-21-33)39-28-34(29-46-39)42(30-14-6-2-7-15-30)35-22-23-36(47-35)43(31-16-8-3-9-17-31)37-24-25-38(48-37)44(40)32-18-10-4-11-19-32/h2-29,46-48H,1H3/q+2/b44-40+,45-41-. The number of H-pyrrole nitrogens is 3. The number of fused-ring (bicyclic) bond motifs is 8. The molecule has 0 saturated heterocycles. The minimum absolute atomic E-state index is 1.05. The van der Waals surface area contributed by atoms with Crippen molar-refractivity contribution in [3.05, 3.63) is 249 Å². The third-order valence-corrected chi connectivity index (χ3v) is 9.57. The lowest BCUT2D eigenvalue weighted by Gasteiger charge is -2.12. The van der Waals surface area contributed by atoms with Crippen molar-refractivity contribution in [2.45, 2.75) is 0 Å². The van der Waals surface area contributed by atoms with E-state index in [9.17, 15) is 0 Å². The number of nitrogens with zero attached hydrogens (tertiary/aromatic N) is 1. The molecular formula is C45H34N4+2. The van der Waals surface area contributed by atoms with Crippen LogP contribution in [-0.4, -0.2) is 19.5 Å². The molecule has 9 rings (SSSR count). The van der Waals surface area contributed by atoms with Gasteiger partial charge >= 0.3 is 0 Å². The SMILES string of the molecule is Cn1/c2cc/c1=C(/c1ccccc1)c1ccc([nH]1)[C+](c1ccccc1)c1ccc([nH]1)[C+](c1ccccc1)c1c[nH]c(c1)/C=2c1ccccc1. The molecule has 0 unspecified atom stereocenters. The van der Waals surface area contributed by atoms with Crippen molar-refractivity contribution in [3.8, 4) is 0 Å². The van der Waals surface area contributed by atoms with Gasteiger partial charge in [-0.2, -0.15) is 0 Å². The van der Waals surface area contributed by atoms with E-state index >= 15 is 0 Å². The first-order valence-corrected chi connectivity index (χ1v) is 16.7. The third kappa shape index (κ3) is 5.02. The molecule has 0 atom stereocenters. The maximum Gasteiger partial charge on any atom is 0.125 e. The monoisotopic (exact) mass is 630 g/mol. The van der Waals surface area contributed by atoms with Crippen LogP contribution in [0.4, 0.5) is 0 Å². The van der Waals surface area contributed by atoms with E-state index in [4.69, 9.17) is 0 Å². The van der Waals surface area contributed by atoms with E-state index in [2.05, 4.69) is 197 Å². The van der Waals surface area contributed by atoms with Crippen LogP contribution in [0.1, 0.15) is 56.3 Å². The van der Waals surface area contributed by atoms with Crippen molar-refractivity contribution in [1.29, 1.82) is 0 Å². The molecule has 5 heterocycles. The van der Waals surface area contributed by atoms with Crippen LogP contribution < -0.4 is 10.7 Å². The van der Waals surface area contributed by atoms with Gasteiger partial charge in [-0.1, -0.05) is 60.7 Å². The molecule has 0 aliphatic carbocycles. The fourth-order valence-electron chi connectivity index (χ4n) is 7.31. The van der Waals surface area contributed by atoms with Gasteiger partial charge in [-0.05, 0) is 77.9 Å². The summed E-state index contributed by atoms with van der Waals surface area (Å²) in [6.07, 6.45) is 2.14. The van der Waals surface area contributed by atoms with Crippen LogP contribution >= 0.6 is 0 Å². The molecule has 8 bridgehead atoms. The van der Waals surface area contributed by atoms with Gasteiger partial charge < -0.3 is 19.5 Å². The van der Waals surface area contributed by atoms with E-state index in [-0.39, 0.29) is 0 Å². The Labute approximate surface area is 285 Å². The zero-order valence-corrected chi connectivity index (χ0v) is 27.1. The van der Waals surface area contributed by atoms with Gasteiger partial charge in [0.15, 0.2) is 0 Å². The predicted octanol–water partition coefficient (Wildman–Crippen LogP) is 7.86. The van der Waals surface area contributed by atoms with E-state index in [0.29, 0.717) is 0 Å². The van der Waals surface area contributed by atoms with Crippen molar-refractivity contribution in [2.75, 3.05) is 0 Å². The maximum absolute atomic E-state index is 3.88. The van der Waals surface area contributed by atoms with E-state index in [1.54, 1.807) is 0 Å². The smallest absolute Gasteiger partial charge is 0.125 e. The van der Waals surface area contributed by atoms with Crippen LogP contribution in [0.3, 0.4) is 0 Å². The zero-order valence-electron chi connectivity index (χ0n) is 27.1.